The Balaban J connectivity index is 1.96. The van der Waals surface area contributed by atoms with Crippen LogP contribution in [0.4, 0.5) is 0 Å². The van der Waals surface area contributed by atoms with Gasteiger partial charge in [-0.3, -0.25) is 4.98 Å². The molecule has 2 aromatic carbocycles. The Bertz CT molecular complexity index is 985. The first-order chi connectivity index (χ1) is 12.4. The quantitative estimate of drug-likeness (QED) is 0.522. The van der Waals surface area contributed by atoms with Crippen LogP contribution < -0.4 is 4.74 Å². The van der Waals surface area contributed by atoms with Gasteiger partial charge in [-0.1, -0.05) is 52.0 Å². The molecule has 0 fully saturated rings. The van der Waals surface area contributed by atoms with Gasteiger partial charge in [0.15, 0.2) is 0 Å². The van der Waals surface area contributed by atoms with Crippen molar-refractivity contribution in [2.45, 2.75) is 46.0 Å². The van der Waals surface area contributed by atoms with Crippen molar-refractivity contribution in [1.29, 1.82) is 0 Å². The van der Waals surface area contributed by atoms with Crippen molar-refractivity contribution in [3.05, 3.63) is 77.0 Å². The van der Waals surface area contributed by atoms with Gasteiger partial charge in [-0.05, 0) is 48.2 Å². The number of hydrogen-bond donors (Lipinski definition) is 0. The maximum Gasteiger partial charge on any atom is 0.141 e. The van der Waals surface area contributed by atoms with Crippen molar-refractivity contribution >= 4 is 0 Å². The van der Waals surface area contributed by atoms with E-state index in [0.717, 1.165) is 22.8 Å². The van der Waals surface area contributed by atoms with Crippen LogP contribution in [0.5, 0.6) is 11.5 Å². The number of para-hydroxylation sites is 1. The Morgan fingerprint density at radius 2 is 1.77 bits per heavy atom. The van der Waals surface area contributed by atoms with Crippen LogP contribution >= 0.6 is 0 Å². The van der Waals surface area contributed by atoms with Crippen molar-refractivity contribution in [1.82, 2.24) is 4.98 Å². The third-order valence-electron chi connectivity index (χ3n) is 5.49. The molecule has 0 spiro atoms. The SMILES string of the molecule is Cc1ccc(-c2cc(C(C)C)ccn2)c2c1C(C)(C)c1ccccc1O2. The molecule has 1 aliphatic heterocycles. The number of aryl methyl sites for hydroxylation is 1. The first-order valence-corrected chi connectivity index (χ1v) is 9.27. The van der Waals surface area contributed by atoms with Gasteiger partial charge in [-0.25, -0.2) is 0 Å². The Morgan fingerprint density at radius 1 is 1.00 bits per heavy atom. The maximum absolute atomic E-state index is 6.44. The summed E-state index contributed by atoms with van der Waals surface area (Å²) in [7, 11) is 0. The lowest BCUT2D eigenvalue weighted by Crippen LogP contribution is -2.25. The fourth-order valence-corrected chi connectivity index (χ4v) is 4.04. The summed E-state index contributed by atoms with van der Waals surface area (Å²) in [5, 5.41) is 0. The predicted molar refractivity (Wildman–Crippen MR) is 107 cm³/mol. The van der Waals surface area contributed by atoms with Crippen LogP contribution in [0.2, 0.25) is 0 Å². The van der Waals surface area contributed by atoms with Gasteiger partial charge < -0.3 is 4.74 Å². The van der Waals surface area contributed by atoms with Crippen LogP contribution in [0.25, 0.3) is 11.3 Å². The van der Waals surface area contributed by atoms with E-state index in [4.69, 9.17) is 4.74 Å². The smallest absolute Gasteiger partial charge is 0.141 e. The van der Waals surface area contributed by atoms with Crippen molar-refractivity contribution < 1.29 is 4.74 Å². The minimum atomic E-state index is -0.111. The molecule has 2 nitrogen and oxygen atoms in total. The van der Waals surface area contributed by atoms with Gasteiger partial charge >= 0.3 is 0 Å². The molecule has 4 rings (SSSR count). The molecule has 0 bridgehead atoms. The number of ether oxygens (including phenoxy) is 1. The minimum absolute atomic E-state index is 0.111. The number of fused-ring (bicyclic) bond motifs is 2. The molecule has 0 N–H and O–H groups in total. The van der Waals surface area contributed by atoms with Gasteiger partial charge in [-0.15, -0.1) is 0 Å². The number of rotatable bonds is 2. The normalized spacial score (nSPS) is 14.5. The summed E-state index contributed by atoms with van der Waals surface area (Å²) in [5.74, 6) is 2.36. The molecule has 1 aromatic heterocycles. The summed E-state index contributed by atoms with van der Waals surface area (Å²) in [6.07, 6.45) is 1.90. The van der Waals surface area contributed by atoms with Crippen LogP contribution in [0, 0.1) is 6.92 Å². The molecule has 0 aliphatic carbocycles. The highest BCUT2D eigenvalue weighted by Gasteiger charge is 2.36. The second kappa shape index (κ2) is 5.98. The second-order valence-electron chi connectivity index (χ2n) is 7.99. The van der Waals surface area contributed by atoms with Crippen LogP contribution in [0.3, 0.4) is 0 Å². The molecule has 0 unspecified atom stereocenters. The zero-order valence-electron chi connectivity index (χ0n) is 16.1. The first-order valence-electron chi connectivity index (χ1n) is 9.27. The molecule has 1 aliphatic rings. The summed E-state index contributed by atoms with van der Waals surface area (Å²) in [6.45, 7) is 11.1. The number of hydrogen-bond acceptors (Lipinski definition) is 2. The van der Waals surface area contributed by atoms with Crippen LogP contribution in [-0.4, -0.2) is 4.98 Å². The summed E-state index contributed by atoms with van der Waals surface area (Å²) in [5.41, 5.74) is 6.96. The average Bonchev–Trinajstić information content (AvgIpc) is 2.61. The van der Waals surface area contributed by atoms with E-state index in [9.17, 15) is 0 Å². The summed E-state index contributed by atoms with van der Waals surface area (Å²) in [4.78, 5) is 4.65. The molecule has 0 radical (unpaired) electrons. The molecule has 0 atom stereocenters. The van der Waals surface area contributed by atoms with E-state index in [1.807, 2.05) is 12.3 Å². The molecule has 132 valence electrons. The first kappa shape index (κ1) is 16.8. The number of pyridine rings is 1. The van der Waals surface area contributed by atoms with E-state index in [1.54, 1.807) is 0 Å². The van der Waals surface area contributed by atoms with Gasteiger partial charge in [-0.2, -0.15) is 0 Å². The molecule has 0 saturated carbocycles. The molecule has 2 heterocycles. The van der Waals surface area contributed by atoms with E-state index < -0.39 is 0 Å². The van der Waals surface area contributed by atoms with Crippen molar-refractivity contribution in [2.24, 2.45) is 0 Å². The van der Waals surface area contributed by atoms with Crippen LogP contribution in [-0.2, 0) is 5.41 Å². The number of benzene rings is 2. The Labute approximate surface area is 155 Å². The summed E-state index contributed by atoms with van der Waals surface area (Å²) >= 11 is 0. The van der Waals surface area contributed by atoms with E-state index in [2.05, 4.69) is 82.1 Å². The lowest BCUT2D eigenvalue weighted by Gasteiger charge is -2.36. The largest absolute Gasteiger partial charge is 0.456 e. The highest BCUT2D eigenvalue weighted by atomic mass is 16.5. The molecule has 2 heteroatoms. The molecule has 0 saturated heterocycles. The standard InChI is InChI=1S/C24H25NO/c1-15(2)17-12-13-25-20(14-17)18-11-10-16(3)22-23(18)26-21-9-7-6-8-19(21)24(22,4)5/h6-15H,1-5H3. The number of nitrogens with zero attached hydrogens (tertiary/aromatic N) is 1. The molecular weight excluding hydrogens is 318 g/mol. The fourth-order valence-electron chi connectivity index (χ4n) is 4.04. The molecular formula is C24H25NO. The zero-order valence-corrected chi connectivity index (χ0v) is 16.1. The third-order valence-corrected chi connectivity index (χ3v) is 5.49. The highest BCUT2D eigenvalue weighted by Crippen LogP contribution is 2.52. The van der Waals surface area contributed by atoms with Crippen molar-refractivity contribution in [3.63, 3.8) is 0 Å². The van der Waals surface area contributed by atoms with Gasteiger partial charge in [0, 0.05) is 28.3 Å². The van der Waals surface area contributed by atoms with Crippen LogP contribution in [0.1, 0.15) is 55.9 Å². The maximum atomic E-state index is 6.44. The summed E-state index contributed by atoms with van der Waals surface area (Å²) < 4.78 is 6.44. The monoisotopic (exact) mass is 343 g/mol. The molecule has 0 amide bonds. The number of aromatic nitrogens is 1. The van der Waals surface area contributed by atoms with Gasteiger partial charge in [0.2, 0.25) is 0 Å². The lowest BCUT2D eigenvalue weighted by molar-refractivity contribution is 0.418. The van der Waals surface area contributed by atoms with E-state index in [-0.39, 0.29) is 5.41 Å². The molecule has 26 heavy (non-hydrogen) atoms. The topological polar surface area (TPSA) is 22.1 Å². The Morgan fingerprint density at radius 3 is 2.54 bits per heavy atom. The average molecular weight is 343 g/mol. The second-order valence-corrected chi connectivity index (χ2v) is 7.99. The van der Waals surface area contributed by atoms with Gasteiger partial charge in [0.25, 0.3) is 0 Å². The predicted octanol–water partition coefficient (Wildman–Crippen LogP) is 6.61. The van der Waals surface area contributed by atoms with Crippen molar-refractivity contribution in [3.8, 4) is 22.8 Å². The van der Waals surface area contributed by atoms with E-state index >= 15 is 0 Å². The minimum Gasteiger partial charge on any atom is -0.456 e. The summed E-state index contributed by atoms with van der Waals surface area (Å²) in [6, 6.07) is 17.0. The highest BCUT2D eigenvalue weighted by molar-refractivity contribution is 5.75. The zero-order chi connectivity index (χ0) is 18.5. The van der Waals surface area contributed by atoms with E-state index in [1.165, 1.54) is 22.3 Å². The van der Waals surface area contributed by atoms with Gasteiger partial charge in [0.1, 0.15) is 11.5 Å². The lowest BCUT2D eigenvalue weighted by atomic mass is 9.73. The van der Waals surface area contributed by atoms with E-state index in [0.29, 0.717) is 5.92 Å². The fraction of sp³-hybridized carbons (Fsp3) is 0.292. The third kappa shape index (κ3) is 2.52. The van der Waals surface area contributed by atoms with Crippen molar-refractivity contribution in [2.75, 3.05) is 0 Å². The Hall–Kier alpha value is -2.61. The molecule has 3 aromatic rings. The van der Waals surface area contributed by atoms with Gasteiger partial charge in [0.05, 0.1) is 5.69 Å². The van der Waals surface area contributed by atoms with Crippen LogP contribution in [0.15, 0.2) is 54.7 Å². The Kier molecular flexibility index (Phi) is 3.87.